The van der Waals surface area contributed by atoms with Crippen molar-refractivity contribution in [2.75, 3.05) is 31.1 Å². The molecule has 0 aliphatic carbocycles. The van der Waals surface area contributed by atoms with Crippen LogP contribution in [0.3, 0.4) is 0 Å². The maximum atomic E-state index is 11.7. The number of nitrogens with zero attached hydrogens (tertiary/aromatic N) is 1. The first-order valence-corrected chi connectivity index (χ1v) is 7.10. The molecule has 2 aliphatic heterocycles. The second-order valence-electron chi connectivity index (χ2n) is 4.35. The van der Waals surface area contributed by atoms with E-state index >= 15 is 0 Å². The smallest absolute Gasteiger partial charge is 0.223 e. The van der Waals surface area contributed by atoms with Gasteiger partial charge in [-0.25, -0.2) is 0 Å². The van der Waals surface area contributed by atoms with Gasteiger partial charge in [0.25, 0.3) is 0 Å². The van der Waals surface area contributed by atoms with Crippen LogP contribution >= 0.6 is 11.8 Å². The molecule has 2 aliphatic rings. The van der Waals surface area contributed by atoms with Crippen molar-refractivity contribution in [3.8, 4) is 0 Å². The molecule has 0 saturated carbocycles. The number of nitrogens with one attached hydrogen (secondary N) is 1. The van der Waals surface area contributed by atoms with Crippen molar-refractivity contribution in [1.82, 2.24) is 10.2 Å². The van der Waals surface area contributed by atoms with Crippen molar-refractivity contribution < 1.29 is 4.79 Å². The molecule has 15 heavy (non-hydrogen) atoms. The van der Waals surface area contributed by atoms with Gasteiger partial charge in [0.15, 0.2) is 0 Å². The van der Waals surface area contributed by atoms with Crippen LogP contribution in [0, 0.1) is 0 Å². The molecule has 4 heteroatoms. The Morgan fingerprint density at radius 3 is 2.87 bits per heavy atom. The van der Waals surface area contributed by atoms with Crippen LogP contribution in [0.1, 0.15) is 25.7 Å². The molecule has 86 valence electrons. The van der Waals surface area contributed by atoms with Crippen LogP contribution < -0.4 is 5.32 Å². The monoisotopic (exact) mass is 228 g/mol. The average Bonchev–Trinajstić information content (AvgIpc) is 2.90. The van der Waals surface area contributed by atoms with E-state index in [2.05, 4.69) is 5.32 Å². The highest BCUT2D eigenvalue weighted by molar-refractivity contribution is 7.99. The summed E-state index contributed by atoms with van der Waals surface area (Å²) in [6.07, 6.45) is 4.33. The predicted molar refractivity (Wildman–Crippen MR) is 64.2 cm³/mol. The zero-order valence-corrected chi connectivity index (χ0v) is 10.0. The van der Waals surface area contributed by atoms with Crippen LogP contribution in [0.2, 0.25) is 0 Å². The molecule has 0 aromatic heterocycles. The van der Waals surface area contributed by atoms with Gasteiger partial charge in [-0.1, -0.05) is 0 Å². The number of hydrogen-bond donors (Lipinski definition) is 1. The lowest BCUT2D eigenvalue weighted by atomic mass is 10.2. The second kappa shape index (κ2) is 5.75. The van der Waals surface area contributed by atoms with Crippen molar-refractivity contribution >= 4 is 17.7 Å². The summed E-state index contributed by atoms with van der Waals surface area (Å²) in [7, 11) is 0. The van der Waals surface area contributed by atoms with Gasteiger partial charge in [-0.15, -0.1) is 0 Å². The van der Waals surface area contributed by atoms with Crippen molar-refractivity contribution in [3.63, 3.8) is 0 Å². The fourth-order valence-electron chi connectivity index (χ4n) is 2.20. The fourth-order valence-corrected chi connectivity index (χ4v) is 3.39. The summed E-state index contributed by atoms with van der Waals surface area (Å²) in [6, 6.07) is 0.654. The Labute approximate surface area is 96.0 Å². The topological polar surface area (TPSA) is 32.3 Å². The van der Waals surface area contributed by atoms with Gasteiger partial charge < -0.3 is 10.2 Å². The molecular weight excluding hydrogens is 208 g/mol. The summed E-state index contributed by atoms with van der Waals surface area (Å²) < 4.78 is 0. The second-order valence-corrected chi connectivity index (χ2v) is 5.50. The number of hydrogen-bond acceptors (Lipinski definition) is 3. The summed E-state index contributed by atoms with van der Waals surface area (Å²) in [5.41, 5.74) is 0. The molecule has 1 atom stereocenters. The van der Waals surface area contributed by atoms with Crippen molar-refractivity contribution in [2.45, 2.75) is 31.7 Å². The number of carbonyl (C=O) groups excluding carboxylic acids is 1. The van der Waals surface area contributed by atoms with Crippen molar-refractivity contribution in [2.24, 2.45) is 0 Å². The van der Waals surface area contributed by atoms with Crippen LogP contribution in [0.5, 0.6) is 0 Å². The molecule has 0 aromatic carbocycles. The minimum Gasteiger partial charge on any atom is -0.343 e. The third-order valence-corrected chi connectivity index (χ3v) is 4.32. The van der Waals surface area contributed by atoms with E-state index in [0.29, 0.717) is 18.4 Å². The van der Waals surface area contributed by atoms with E-state index in [1.54, 1.807) is 0 Å². The normalized spacial score (nSPS) is 26.1. The molecule has 0 radical (unpaired) electrons. The average molecular weight is 228 g/mol. The minimum absolute atomic E-state index is 0.339. The Balaban J connectivity index is 1.58. The van der Waals surface area contributed by atoms with E-state index in [1.807, 2.05) is 16.7 Å². The number of rotatable bonds is 4. The van der Waals surface area contributed by atoms with Crippen LogP contribution in [0.25, 0.3) is 0 Å². The van der Waals surface area contributed by atoms with Gasteiger partial charge in [-0.2, -0.15) is 11.8 Å². The molecule has 1 unspecified atom stereocenters. The summed E-state index contributed by atoms with van der Waals surface area (Å²) in [4.78, 5) is 13.7. The summed E-state index contributed by atoms with van der Waals surface area (Å²) in [5.74, 6) is 2.83. The third-order valence-electron chi connectivity index (χ3n) is 3.16. The lowest BCUT2D eigenvalue weighted by Crippen LogP contribution is -2.34. The Morgan fingerprint density at radius 2 is 2.20 bits per heavy atom. The number of amides is 1. The molecule has 0 spiro atoms. The molecule has 0 aromatic rings. The summed E-state index contributed by atoms with van der Waals surface area (Å²) in [6.45, 7) is 2.83. The van der Waals surface area contributed by atoms with Crippen LogP contribution in [-0.4, -0.2) is 48.0 Å². The molecule has 2 rings (SSSR count). The first kappa shape index (κ1) is 11.3. The molecular formula is C11H20N2OS. The van der Waals surface area contributed by atoms with Crippen LogP contribution in [0.4, 0.5) is 0 Å². The van der Waals surface area contributed by atoms with Gasteiger partial charge in [0.05, 0.1) is 0 Å². The summed E-state index contributed by atoms with van der Waals surface area (Å²) >= 11 is 2.01. The highest BCUT2D eigenvalue weighted by atomic mass is 32.2. The van der Waals surface area contributed by atoms with Crippen LogP contribution in [0.15, 0.2) is 0 Å². The first-order chi connectivity index (χ1) is 7.36. The molecule has 3 nitrogen and oxygen atoms in total. The molecule has 0 bridgehead atoms. The number of thioether (sulfide) groups is 1. The van der Waals surface area contributed by atoms with Gasteiger partial charge in [0.1, 0.15) is 0 Å². The zero-order chi connectivity index (χ0) is 10.5. The lowest BCUT2D eigenvalue weighted by Gasteiger charge is -2.16. The lowest BCUT2D eigenvalue weighted by molar-refractivity contribution is -0.130. The maximum Gasteiger partial charge on any atom is 0.223 e. The van der Waals surface area contributed by atoms with Gasteiger partial charge in [-0.05, 0) is 25.0 Å². The molecule has 2 saturated heterocycles. The summed E-state index contributed by atoms with van der Waals surface area (Å²) in [5, 5.41) is 3.47. The van der Waals surface area contributed by atoms with Gasteiger partial charge in [-0.3, -0.25) is 4.79 Å². The van der Waals surface area contributed by atoms with E-state index in [0.717, 1.165) is 19.6 Å². The van der Waals surface area contributed by atoms with Crippen LogP contribution in [-0.2, 0) is 4.79 Å². The standard InChI is InChI=1S/C11H20N2OS/c14-11(13-6-1-2-7-13)3-5-12-10-4-8-15-9-10/h10,12H,1-9H2. The Morgan fingerprint density at radius 1 is 1.40 bits per heavy atom. The highest BCUT2D eigenvalue weighted by Crippen LogP contribution is 2.16. The Bertz CT molecular complexity index is 211. The van der Waals surface area contributed by atoms with E-state index in [4.69, 9.17) is 0 Å². The van der Waals surface area contributed by atoms with Gasteiger partial charge >= 0.3 is 0 Å². The molecule has 1 amide bonds. The van der Waals surface area contributed by atoms with E-state index in [-0.39, 0.29) is 0 Å². The quantitative estimate of drug-likeness (QED) is 0.782. The largest absolute Gasteiger partial charge is 0.343 e. The van der Waals surface area contributed by atoms with Gasteiger partial charge in [0.2, 0.25) is 5.91 Å². The number of carbonyl (C=O) groups is 1. The first-order valence-electron chi connectivity index (χ1n) is 5.95. The van der Waals surface area contributed by atoms with E-state index in [9.17, 15) is 4.79 Å². The minimum atomic E-state index is 0.339. The third kappa shape index (κ3) is 3.38. The van der Waals surface area contributed by atoms with Crippen molar-refractivity contribution in [3.05, 3.63) is 0 Å². The Kier molecular flexibility index (Phi) is 4.32. The SMILES string of the molecule is O=C(CCNC1CCSC1)N1CCCC1. The predicted octanol–water partition coefficient (Wildman–Crippen LogP) is 1.09. The maximum absolute atomic E-state index is 11.7. The van der Waals surface area contributed by atoms with Gasteiger partial charge in [0, 0.05) is 37.8 Å². The fraction of sp³-hybridized carbons (Fsp3) is 0.909. The molecule has 2 heterocycles. The Hall–Kier alpha value is -0.220. The van der Waals surface area contributed by atoms with E-state index < -0.39 is 0 Å². The van der Waals surface area contributed by atoms with E-state index in [1.165, 1.54) is 30.8 Å². The zero-order valence-electron chi connectivity index (χ0n) is 9.21. The number of likely N-dealkylation sites (tertiary alicyclic amines) is 1. The molecule has 2 fully saturated rings. The van der Waals surface area contributed by atoms with Crippen molar-refractivity contribution in [1.29, 1.82) is 0 Å². The highest BCUT2D eigenvalue weighted by Gasteiger charge is 2.18. The molecule has 1 N–H and O–H groups in total.